The van der Waals surface area contributed by atoms with E-state index in [-0.39, 0.29) is 18.0 Å². The fraction of sp³-hybridized carbons (Fsp3) is 0.571. The Bertz CT molecular complexity index is 1170. The molecule has 0 radical (unpaired) electrons. The Morgan fingerprint density at radius 2 is 1.78 bits per heavy atom. The van der Waals surface area contributed by atoms with Gasteiger partial charge in [0.1, 0.15) is 0 Å². The van der Waals surface area contributed by atoms with Crippen molar-refractivity contribution in [2.75, 3.05) is 53.5 Å². The molecule has 3 fully saturated rings. The summed E-state index contributed by atoms with van der Waals surface area (Å²) in [6.07, 6.45) is 1.88. The van der Waals surface area contributed by atoms with Crippen molar-refractivity contribution in [2.45, 2.75) is 50.2 Å². The highest BCUT2D eigenvalue weighted by Gasteiger charge is 2.51. The molecule has 0 bridgehead atoms. The lowest BCUT2D eigenvalue weighted by molar-refractivity contribution is -0.0636. The lowest BCUT2D eigenvalue weighted by Crippen LogP contribution is -2.68. The van der Waals surface area contributed by atoms with Gasteiger partial charge in [0.25, 0.3) is 0 Å². The Morgan fingerprint density at radius 3 is 2.47 bits per heavy atom. The number of aryl methyl sites for hydroxylation is 1. The molecule has 1 N–H and O–H groups in total. The van der Waals surface area contributed by atoms with Crippen molar-refractivity contribution < 1.29 is 13.2 Å². The first kappa shape index (κ1) is 25.8. The minimum atomic E-state index is -3.47. The number of rotatable bonds is 6. The van der Waals surface area contributed by atoms with Gasteiger partial charge in [0, 0.05) is 51.3 Å². The summed E-state index contributed by atoms with van der Waals surface area (Å²) < 4.78 is 34.7. The van der Waals surface area contributed by atoms with Crippen LogP contribution in [0.2, 0.25) is 0 Å². The van der Waals surface area contributed by atoms with Crippen LogP contribution in [0.15, 0.2) is 42.5 Å². The molecule has 36 heavy (non-hydrogen) atoms. The van der Waals surface area contributed by atoms with Crippen LogP contribution >= 0.6 is 0 Å². The Labute approximate surface area is 216 Å². The molecule has 0 aromatic heterocycles. The fourth-order valence-corrected chi connectivity index (χ4v) is 8.27. The monoisotopic (exact) mass is 512 g/mol. The number of hydrogen-bond donors (Lipinski definition) is 1. The van der Waals surface area contributed by atoms with Crippen LogP contribution in [0.5, 0.6) is 0 Å². The van der Waals surface area contributed by atoms with Gasteiger partial charge in [-0.15, -0.1) is 0 Å². The van der Waals surface area contributed by atoms with Gasteiger partial charge in [0.05, 0.1) is 6.61 Å². The number of nitrogens with one attached hydrogen (secondary N) is 1. The van der Waals surface area contributed by atoms with E-state index in [1.807, 2.05) is 11.9 Å². The maximum atomic E-state index is 13.6. The van der Waals surface area contributed by atoms with Crippen molar-refractivity contribution >= 4 is 10.0 Å². The van der Waals surface area contributed by atoms with Gasteiger partial charge in [0.15, 0.2) is 5.50 Å². The van der Waals surface area contributed by atoms with Crippen molar-refractivity contribution in [1.82, 2.24) is 19.4 Å². The van der Waals surface area contributed by atoms with E-state index in [9.17, 15) is 8.42 Å². The number of sulfonamides is 1. The van der Waals surface area contributed by atoms with Gasteiger partial charge in [-0.3, -0.25) is 15.1 Å². The van der Waals surface area contributed by atoms with Gasteiger partial charge < -0.3 is 4.74 Å². The Hall–Kier alpha value is -1.81. The molecule has 7 nitrogen and oxygen atoms in total. The number of methoxy groups -OCH3 is 1. The van der Waals surface area contributed by atoms with E-state index in [4.69, 9.17) is 4.74 Å². The van der Waals surface area contributed by atoms with Crippen molar-refractivity contribution in [2.24, 2.45) is 0 Å². The quantitative estimate of drug-likeness (QED) is 0.642. The maximum absolute atomic E-state index is 13.6. The number of fused-ring (bicyclic) bond motifs is 1. The number of ether oxygens (including phenoxy) is 1. The molecule has 3 aliphatic rings. The molecule has 2 aromatic carbocycles. The van der Waals surface area contributed by atoms with E-state index >= 15 is 0 Å². The predicted octanol–water partition coefficient (Wildman–Crippen LogP) is 3.00. The molecule has 3 heterocycles. The molecule has 0 amide bonds. The van der Waals surface area contributed by atoms with Crippen molar-refractivity contribution in [3.8, 4) is 11.1 Å². The zero-order valence-electron chi connectivity index (χ0n) is 22.0. The topological polar surface area (TPSA) is 65.1 Å². The normalized spacial score (nSPS) is 28.3. The molecule has 0 saturated carbocycles. The first-order valence-corrected chi connectivity index (χ1v) is 14.7. The van der Waals surface area contributed by atoms with Crippen LogP contribution in [-0.2, 0) is 14.8 Å². The number of likely N-dealkylation sites (N-methyl/N-ethyl adjacent to an activating group) is 1. The maximum Gasteiger partial charge on any atom is 0.244 e. The molecular formula is C28H40N4O3S. The molecular weight excluding hydrogens is 472 g/mol. The molecule has 0 spiro atoms. The van der Waals surface area contributed by atoms with Gasteiger partial charge in [-0.2, -0.15) is 4.31 Å². The van der Waals surface area contributed by atoms with E-state index < -0.39 is 15.5 Å². The fourth-order valence-electron chi connectivity index (χ4n) is 6.35. The van der Waals surface area contributed by atoms with Crippen LogP contribution < -0.4 is 5.32 Å². The third-order valence-electron chi connectivity index (χ3n) is 8.52. The smallest absolute Gasteiger partial charge is 0.244 e. The van der Waals surface area contributed by atoms with Crippen LogP contribution in [-0.4, -0.2) is 93.6 Å². The van der Waals surface area contributed by atoms with E-state index in [0.717, 1.165) is 25.9 Å². The highest BCUT2D eigenvalue weighted by Crippen LogP contribution is 2.43. The third kappa shape index (κ3) is 4.64. The zero-order chi connectivity index (χ0) is 25.4. The summed E-state index contributed by atoms with van der Waals surface area (Å²) in [6.45, 7) is 8.54. The van der Waals surface area contributed by atoms with E-state index in [1.165, 1.54) is 27.8 Å². The zero-order valence-corrected chi connectivity index (χ0v) is 22.8. The second-order valence-electron chi connectivity index (χ2n) is 10.6. The Morgan fingerprint density at radius 1 is 1.03 bits per heavy atom. The standard InChI is InChI=1S/C28H40N4O3S/c1-20-8-7-9-24(21(20)2)22-10-12-23(13-11-22)27-25-18-31(36(33,34)28-29-14-17-30(28)3)15-5-6-16-32(25)26(27)19-35-4/h7-13,25-29H,5-6,14-19H2,1-4H3/t25-,26?,27-,28?/m0/s1. The molecule has 8 heteroatoms. The van der Waals surface area contributed by atoms with Crippen molar-refractivity contribution in [1.29, 1.82) is 0 Å². The summed E-state index contributed by atoms with van der Waals surface area (Å²) >= 11 is 0. The first-order chi connectivity index (χ1) is 17.3. The largest absolute Gasteiger partial charge is 0.383 e. The molecule has 3 aliphatic heterocycles. The summed E-state index contributed by atoms with van der Waals surface area (Å²) in [7, 11) is 0.176. The molecule has 5 rings (SSSR count). The highest BCUT2D eigenvalue weighted by atomic mass is 32.2. The third-order valence-corrected chi connectivity index (χ3v) is 10.7. The minimum absolute atomic E-state index is 0.151. The number of benzene rings is 2. The lowest BCUT2D eigenvalue weighted by Gasteiger charge is -2.57. The van der Waals surface area contributed by atoms with Crippen LogP contribution in [0, 0.1) is 13.8 Å². The minimum Gasteiger partial charge on any atom is -0.383 e. The lowest BCUT2D eigenvalue weighted by atomic mass is 9.74. The van der Waals surface area contributed by atoms with Crippen LogP contribution in [0.4, 0.5) is 0 Å². The van der Waals surface area contributed by atoms with Crippen LogP contribution in [0.1, 0.15) is 35.4 Å². The summed E-state index contributed by atoms with van der Waals surface area (Å²) in [5.74, 6) is 0.239. The SMILES string of the molecule is COCC1[C@@H](c2ccc(-c3cccc(C)c3C)cc2)[C@@H]2CN(S(=O)(=O)C3NCCN3C)CCCCN12. The summed E-state index contributed by atoms with van der Waals surface area (Å²) in [4.78, 5) is 4.39. The van der Waals surface area contributed by atoms with Gasteiger partial charge in [0.2, 0.25) is 10.0 Å². The summed E-state index contributed by atoms with van der Waals surface area (Å²) in [5, 5.41) is 3.19. The molecule has 3 saturated heterocycles. The van der Waals surface area contributed by atoms with Gasteiger partial charge in [-0.25, -0.2) is 8.42 Å². The Kier molecular flexibility index (Phi) is 7.54. The second-order valence-corrected chi connectivity index (χ2v) is 12.6. The van der Waals surface area contributed by atoms with E-state index in [2.05, 4.69) is 66.5 Å². The molecule has 0 aliphatic carbocycles. The number of hydrogen-bond acceptors (Lipinski definition) is 6. The Balaban J connectivity index is 1.42. The average molecular weight is 513 g/mol. The van der Waals surface area contributed by atoms with Crippen molar-refractivity contribution in [3.63, 3.8) is 0 Å². The van der Waals surface area contributed by atoms with E-state index in [0.29, 0.717) is 26.2 Å². The summed E-state index contributed by atoms with van der Waals surface area (Å²) in [6, 6.07) is 15.8. The van der Waals surface area contributed by atoms with Gasteiger partial charge >= 0.3 is 0 Å². The van der Waals surface area contributed by atoms with Crippen LogP contribution in [0.25, 0.3) is 11.1 Å². The highest BCUT2D eigenvalue weighted by molar-refractivity contribution is 7.89. The molecule has 2 unspecified atom stereocenters. The molecule has 2 aromatic rings. The number of nitrogens with zero attached hydrogens (tertiary/aromatic N) is 3. The van der Waals surface area contributed by atoms with Crippen LogP contribution in [0.3, 0.4) is 0 Å². The first-order valence-electron chi connectivity index (χ1n) is 13.2. The van der Waals surface area contributed by atoms with Gasteiger partial charge in [-0.05, 0) is 68.1 Å². The van der Waals surface area contributed by atoms with Crippen molar-refractivity contribution in [3.05, 3.63) is 59.2 Å². The average Bonchev–Trinajstić information content (AvgIpc) is 3.29. The van der Waals surface area contributed by atoms with Gasteiger partial charge in [-0.1, -0.05) is 42.5 Å². The second kappa shape index (κ2) is 10.5. The summed E-state index contributed by atoms with van der Waals surface area (Å²) in [5.41, 5.74) is 5.73. The molecule has 4 atom stereocenters. The predicted molar refractivity (Wildman–Crippen MR) is 144 cm³/mol. The molecule has 196 valence electrons. The van der Waals surface area contributed by atoms with E-state index in [1.54, 1.807) is 11.4 Å².